The molecule has 0 radical (unpaired) electrons. The number of ketones is 1. The summed E-state index contributed by atoms with van der Waals surface area (Å²) in [4.78, 5) is 16.9. The van der Waals surface area contributed by atoms with E-state index in [-0.39, 0.29) is 5.78 Å². The molecule has 2 nitrogen and oxygen atoms in total. The number of aryl methyl sites for hydroxylation is 3. The van der Waals surface area contributed by atoms with Gasteiger partial charge in [0, 0.05) is 13.3 Å². The van der Waals surface area contributed by atoms with Crippen molar-refractivity contribution in [2.75, 3.05) is 0 Å². The van der Waals surface area contributed by atoms with Crippen LogP contribution in [0.15, 0.2) is 30.3 Å². The molecule has 0 aliphatic heterocycles. The summed E-state index contributed by atoms with van der Waals surface area (Å²) in [5.74, 6) is 0.135. The van der Waals surface area contributed by atoms with Crippen LogP contribution in [0.4, 0.5) is 0 Å². The van der Waals surface area contributed by atoms with Gasteiger partial charge in [0.15, 0.2) is 5.78 Å². The minimum Gasteiger partial charge on any atom is -0.294 e. The van der Waals surface area contributed by atoms with Crippen LogP contribution in [0.3, 0.4) is 0 Å². The highest BCUT2D eigenvalue weighted by Crippen LogP contribution is 2.21. The third kappa shape index (κ3) is 3.05. The first-order chi connectivity index (χ1) is 8.70. The van der Waals surface area contributed by atoms with Crippen LogP contribution in [0.25, 0.3) is 0 Å². The monoisotopic (exact) mass is 259 g/mol. The van der Waals surface area contributed by atoms with Crippen LogP contribution in [-0.2, 0) is 19.3 Å². The van der Waals surface area contributed by atoms with E-state index < -0.39 is 0 Å². The molecule has 1 aromatic carbocycles. The van der Waals surface area contributed by atoms with Crippen LogP contribution in [0.5, 0.6) is 0 Å². The van der Waals surface area contributed by atoms with Gasteiger partial charge in [-0.2, -0.15) is 0 Å². The van der Waals surface area contributed by atoms with Crippen molar-refractivity contribution < 1.29 is 4.79 Å². The zero-order chi connectivity index (χ0) is 13.0. The van der Waals surface area contributed by atoms with Crippen molar-refractivity contribution in [1.82, 2.24) is 4.98 Å². The highest BCUT2D eigenvalue weighted by atomic mass is 32.1. The SMILES string of the molecule is CCc1nc(CCc2ccccc2)sc1C(C)=O. The Labute approximate surface area is 112 Å². The number of thiazole rings is 1. The van der Waals surface area contributed by atoms with Crippen molar-refractivity contribution in [3.8, 4) is 0 Å². The summed E-state index contributed by atoms with van der Waals surface area (Å²) in [6.07, 6.45) is 2.72. The van der Waals surface area contributed by atoms with E-state index in [0.717, 1.165) is 34.8 Å². The molecule has 0 saturated carbocycles. The smallest absolute Gasteiger partial charge is 0.171 e. The van der Waals surface area contributed by atoms with Crippen molar-refractivity contribution >= 4 is 17.1 Å². The molecule has 94 valence electrons. The molecule has 0 unspecified atom stereocenters. The second kappa shape index (κ2) is 5.91. The van der Waals surface area contributed by atoms with E-state index in [1.54, 1.807) is 18.3 Å². The van der Waals surface area contributed by atoms with Crippen molar-refractivity contribution in [3.63, 3.8) is 0 Å². The number of nitrogens with zero attached hydrogens (tertiary/aromatic N) is 1. The number of benzene rings is 1. The van der Waals surface area contributed by atoms with E-state index in [2.05, 4.69) is 29.2 Å². The Morgan fingerprint density at radius 3 is 2.50 bits per heavy atom. The number of hydrogen-bond donors (Lipinski definition) is 0. The normalized spacial score (nSPS) is 10.6. The summed E-state index contributed by atoms with van der Waals surface area (Å²) in [6, 6.07) is 10.4. The third-order valence-corrected chi connectivity index (χ3v) is 4.12. The Balaban J connectivity index is 2.08. The van der Waals surface area contributed by atoms with Gasteiger partial charge in [0.2, 0.25) is 0 Å². The van der Waals surface area contributed by atoms with E-state index in [0.29, 0.717) is 0 Å². The van der Waals surface area contributed by atoms with Crippen molar-refractivity contribution in [1.29, 1.82) is 0 Å². The van der Waals surface area contributed by atoms with Crippen molar-refractivity contribution in [3.05, 3.63) is 51.5 Å². The lowest BCUT2D eigenvalue weighted by atomic mass is 10.1. The highest BCUT2D eigenvalue weighted by Gasteiger charge is 2.13. The fraction of sp³-hybridized carbons (Fsp3) is 0.333. The maximum atomic E-state index is 11.5. The van der Waals surface area contributed by atoms with Crippen LogP contribution < -0.4 is 0 Å². The van der Waals surface area contributed by atoms with Gasteiger partial charge in [-0.1, -0.05) is 37.3 Å². The lowest BCUT2D eigenvalue weighted by Crippen LogP contribution is -1.94. The van der Waals surface area contributed by atoms with Gasteiger partial charge >= 0.3 is 0 Å². The number of carbonyl (C=O) groups excluding carboxylic acids is 1. The predicted molar refractivity (Wildman–Crippen MR) is 75.3 cm³/mol. The van der Waals surface area contributed by atoms with Gasteiger partial charge in [-0.25, -0.2) is 4.98 Å². The molecule has 0 N–H and O–H groups in total. The molecule has 2 aromatic rings. The average Bonchev–Trinajstić information content (AvgIpc) is 2.81. The first-order valence-electron chi connectivity index (χ1n) is 6.24. The minimum absolute atomic E-state index is 0.135. The van der Waals surface area contributed by atoms with Gasteiger partial charge in [0.05, 0.1) is 15.6 Å². The third-order valence-electron chi connectivity index (χ3n) is 2.87. The summed E-state index contributed by atoms with van der Waals surface area (Å²) < 4.78 is 0. The summed E-state index contributed by atoms with van der Waals surface area (Å²) in [6.45, 7) is 3.66. The lowest BCUT2D eigenvalue weighted by molar-refractivity contribution is 0.102. The summed E-state index contributed by atoms with van der Waals surface area (Å²) in [7, 11) is 0. The summed E-state index contributed by atoms with van der Waals surface area (Å²) in [5.41, 5.74) is 2.27. The summed E-state index contributed by atoms with van der Waals surface area (Å²) >= 11 is 1.55. The highest BCUT2D eigenvalue weighted by molar-refractivity contribution is 7.13. The molecule has 3 heteroatoms. The summed E-state index contributed by atoms with van der Waals surface area (Å²) in [5, 5.41) is 1.07. The van der Waals surface area contributed by atoms with Gasteiger partial charge in [-0.05, 0) is 18.4 Å². The zero-order valence-corrected chi connectivity index (χ0v) is 11.6. The predicted octanol–water partition coefficient (Wildman–Crippen LogP) is 3.69. The number of carbonyl (C=O) groups is 1. The van der Waals surface area contributed by atoms with Gasteiger partial charge in [0.1, 0.15) is 0 Å². The van der Waals surface area contributed by atoms with E-state index in [4.69, 9.17) is 0 Å². The molecule has 0 aliphatic rings. The molecule has 1 heterocycles. The number of rotatable bonds is 5. The first kappa shape index (κ1) is 13.0. The minimum atomic E-state index is 0.135. The van der Waals surface area contributed by atoms with Crippen molar-refractivity contribution in [2.24, 2.45) is 0 Å². The largest absolute Gasteiger partial charge is 0.294 e. The fourth-order valence-electron chi connectivity index (χ4n) is 1.92. The van der Waals surface area contributed by atoms with E-state index >= 15 is 0 Å². The van der Waals surface area contributed by atoms with Crippen LogP contribution in [0.2, 0.25) is 0 Å². The Bertz CT molecular complexity index is 531. The van der Waals surface area contributed by atoms with Crippen molar-refractivity contribution in [2.45, 2.75) is 33.1 Å². The number of aromatic nitrogens is 1. The zero-order valence-electron chi connectivity index (χ0n) is 10.8. The molecule has 0 aliphatic carbocycles. The van der Waals surface area contributed by atoms with Crippen LogP contribution in [0, 0.1) is 0 Å². The van der Waals surface area contributed by atoms with Gasteiger partial charge in [-0.3, -0.25) is 4.79 Å². The Kier molecular flexibility index (Phi) is 4.26. The maximum Gasteiger partial charge on any atom is 0.171 e. The first-order valence-corrected chi connectivity index (χ1v) is 7.05. The molecule has 0 fully saturated rings. The molecular weight excluding hydrogens is 242 g/mol. The van der Waals surface area contributed by atoms with Crippen LogP contribution in [-0.4, -0.2) is 10.8 Å². The average molecular weight is 259 g/mol. The second-order valence-corrected chi connectivity index (χ2v) is 5.36. The Morgan fingerprint density at radius 2 is 1.94 bits per heavy atom. The van der Waals surface area contributed by atoms with E-state index in [1.165, 1.54) is 5.56 Å². The molecule has 0 atom stereocenters. The molecule has 0 bridgehead atoms. The molecular formula is C15H17NOS. The van der Waals surface area contributed by atoms with Gasteiger partial charge in [0.25, 0.3) is 0 Å². The lowest BCUT2D eigenvalue weighted by Gasteiger charge is -1.97. The van der Waals surface area contributed by atoms with Gasteiger partial charge < -0.3 is 0 Å². The number of hydrogen-bond acceptors (Lipinski definition) is 3. The van der Waals surface area contributed by atoms with E-state index in [1.807, 2.05) is 13.0 Å². The topological polar surface area (TPSA) is 30.0 Å². The van der Waals surface area contributed by atoms with E-state index in [9.17, 15) is 4.79 Å². The molecule has 2 rings (SSSR count). The molecule has 0 amide bonds. The Hall–Kier alpha value is -1.48. The molecule has 1 aromatic heterocycles. The fourth-order valence-corrected chi connectivity index (χ4v) is 2.97. The second-order valence-electron chi connectivity index (χ2n) is 4.28. The Morgan fingerprint density at radius 1 is 1.22 bits per heavy atom. The molecule has 18 heavy (non-hydrogen) atoms. The van der Waals surface area contributed by atoms with Gasteiger partial charge in [-0.15, -0.1) is 11.3 Å². The van der Waals surface area contributed by atoms with Crippen LogP contribution >= 0.6 is 11.3 Å². The van der Waals surface area contributed by atoms with Crippen LogP contribution in [0.1, 0.15) is 39.8 Å². The molecule has 0 spiro atoms. The maximum absolute atomic E-state index is 11.5. The standard InChI is InChI=1S/C15H17NOS/c1-3-13-15(11(2)17)18-14(16-13)10-9-12-7-5-4-6-8-12/h4-8H,3,9-10H2,1-2H3. The quantitative estimate of drug-likeness (QED) is 0.766. The molecule has 0 saturated heterocycles. The number of Topliss-reactive ketones (excluding diaryl/α,β-unsaturated/α-hetero) is 1.